The third kappa shape index (κ3) is 5.22. The second-order valence-corrected chi connectivity index (χ2v) is 9.36. The Morgan fingerprint density at radius 1 is 0.939 bits per heavy atom. The van der Waals surface area contributed by atoms with Gasteiger partial charge in [-0.15, -0.1) is 0 Å². The molecule has 4 rings (SSSR count). The molecule has 6 nitrogen and oxygen atoms in total. The molecule has 0 bridgehead atoms. The van der Waals surface area contributed by atoms with Gasteiger partial charge in [0.25, 0.3) is 10.0 Å². The molecule has 0 atom stereocenters. The highest BCUT2D eigenvalue weighted by atomic mass is 35.5. The van der Waals surface area contributed by atoms with E-state index in [1.807, 2.05) is 49.4 Å². The van der Waals surface area contributed by atoms with E-state index in [9.17, 15) is 13.2 Å². The first-order valence-corrected chi connectivity index (χ1v) is 11.8. The summed E-state index contributed by atoms with van der Waals surface area (Å²) in [4.78, 5) is 14.9. The maximum Gasteiger partial charge on any atom is 0.343 e. The van der Waals surface area contributed by atoms with Gasteiger partial charge in [-0.05, 0) is 60.2 Å². The van der Waals surface area contributed by atoms with E-state index in [-0.39, 0.29) is 10.6 Å². The summed E-state index contributed by atoms with van der Waals surface area (Å²) >= 11 is 5.83. The third-order valence-corrected chi connectivity index (χ3v) is 6.40. The Bertz CT molecular complexity index is 1450. The first-order chi connectivity index (χ1) is 15.8. The van der Waals surface area contributed by atoms with Crippen LogP contribution in [0, 0.1) is 6.92 Å². The lowest BCUT2D eigenvalue weighted by molar-refractivity contribution is 0.0734. The van der Waals surface area contributed by atoms with Crippen molar-refractivity contribution in [2.75, 3.05) is 0 Å². The summed E-state index contributed by atoms with van der Waals surface area (Å²) in [6.07, 6.45) is 1.33. The van der Waals surface area contributed by atoms with Gasteiger partial charge in [0.2, 0.25) is 0 Å². The molecule has 0 aliphatic heterocycles. The zero-order chi connectivity index (χ0) is 23.4. The fourth-order valence-corrected chi connectivity index (χ4v) is 4.09. The predicted molar refractivity (Wildman–Crippen MR) is 129 cm³/mol. The number of ether oxygens (including phenoxy) is 1. The molecule has 0 aliphatic carbocycles. The number of rotatable bonds is 6. The summed E-state index contributed by atoms with van der Waals surface area (Å²) in [7, 11) is -3.90. The van der Waals surface area contributed by atoms with Crippen molar-refractivity contribution in [2.24, 2.45) is 5.10 Å². The Morgan fingerprint density at radius 2 is 1.64 bits per heavy atom. The largest absolute Gasteiger partial charge is 0.422 e. The quantitative estimate of drug-likeness (QED) is 0.175. The Hall–Kier alpha value is -3.68. The predicted octanol–water partition coefficient (Wildman–Crippen LogP) is 5.33. The van der Waals surface area contributed by atoms with Gasteiger partial charge in [-0.2, -0.15) is 13.5 Å². The number of nitrogens with zero attached hydrogens (tertiary/aromatic N) is 1. The first kappa shape index (κ1) is 22.5. The van der Waals surface area contributed by atoms with E-state index in [0.717, 1.165) is 16.3 Å². The highest BCUT2D eigenvalue weighted by Crippen LogP contribution is 2.27. The lowest BCUT2D eigenvalue weighted by Gasteiger charge is -2.11. The molecule has 0 radical (unpaired) electrons. The lowest BCUT2D eigenvalue weighted by Crippen LogP contribution is -2.18. The number of hydrazone groups is 1. The van der Waals surface area contributed by atoms with Gasteiger partial charge in [-0.25, -0.2) is 9.63 Å². The number of sulfonamides is 1. The van der Waals surface area contributed by atoms with Gasteiger partial charge in [0.05, 0.1) is 16.7 Å². The number of nitrogens with one attached hydrogen (secondary N) is 1. The SMILES string of the molecule is Cc1ccc(C(=O)Oc2ccc3ccccc3c2C=NNS(=O)(=O)c2ccc(Cl)cc2)cc1. The normalized spacial score (nSPS) is 11.6. The smallest absolute Gasteiger partial charge is 0.343 e. The summed E-state index contributed by atoms with van der Waals surface area (Å²) in [6.45, 7) is 1.93. The van der Waals surface area contributed by atoms with E-state index in [1.165, 1.54) is 30.5 Å². The molecule has 33 heavy (non-hydrogen) atoms. The van der Waals surface area contributed by atoms with Crippen molar-refractivity contribution in [2.45, 2.75) is 11.8 Å². The molecule has 4 aromatic rings. The average molecular weight is 479 g/mol. The number of carbonyl (C=O) groups excluding carboxylic acids is 1. The molecule has 0 unspecified atom stereocenters. The van der Waals surface area contributed by atoms with E-state index < -0.39 is 16.0 Å². The fraction of sp³-hybridized carbons (Fsp3) is 0.0400. The van der Waals surface area contributed by atoms with Crippen LogP contribution < -0.4 is 9.57 Å². The Labute approximate surface area is 196 Å². The topological polar surface area (TPSA) is 84.8 Å². The summed E-state index contributed by atoms with van der Waals surface area (Å²) in [5.41, 5.74) is 1.89. The molecule has 0 saturated heterocycles. The van der Waals surface area contributed by atoms with Gasteiger partial charge in [0.15, 0.2) is 0 Å². The minimum Gasteiger partial charge on any atom is -0.422 e. The number of benzene rings is 4. The Kier molecular flexibility index (Phi) is 6.44. The van der Waals surface area contributed by atoms with Gasteiger partial charge in [-0.1, -0.05) is 59.6 Å². The van der Waals surface area contributed by atoms with Gasteiger partial charge >= 0.3 is 5.97 Å². The molecule has 4 aromatic carbocycles. The van der Waals surface area contributed by atoms with E-state index in [0.29, 0.717) is 16.1 Å². The van der Waals surface area contributed by atoms with Crippen LogP contribution in [-0.2, 0) is 10.0 Å². The zero-order valence-electron chi connectivity index (χ0n) is 17.5. The molecule has 8 heteroatoms. The van der Waals surface area contributed by atoms with Crippen molar-refractivity contribution in [3.8, 4) is 5.75 Å². The molecule has 0 amide bonds. The van der Waals surface area contributed by atoms with Crippen LogP contribution in [0.5, 0.6) is 5.75 Å². The zero-order valence-corrected chi connectivity index (χ0v) is 19.1. The number of hydrogen-bond acceptors (Lipinski definition) is 5. The van der Waals surface area contributed by atoms with Crippen molar-refractivity contribution in [3.63, 3.8) is 0 Å². The van der Waals surface area contributed by atoms with Crippen molar-refractivity contribution in [1.82, 2.24) is 4.83 Å². The summed E-state index contributed by atoms with van der Waals surface area (Å²) in [6, 6.07) is 23.7. The van der Waals surface area contributed by atoms with Crippen LogP contribution in [0.2, 0.25) is 5.02 Å². The second-order valence-electron chi connectivity index (χ2n) is 7.26. The summed E-state index contributed by atoms with van der Waals surface area (Å²) in [5, 5.41) is 5.99. The summed E-state index contributed by atoms with van der Waals surface area (Å²) in [5.74, 6) is -0.268. The Morgan fingerprint density at radius 3 is 2.36 bits per heavy atom. The molecular weight excluding hydrogens is 460 g/mol. The monoisotopic (exact) mass is 478 g/mol. The molecule has 0 fully saturated rings. The third-order valence-electron chi connectivity index (χ3n) is 4.91. The van der Waals surface area contributed by atoms with E-state index in [2.05, 4.69) is 9.93 Å². The van der Waals surface area contributed by atoms with Gasteiger partial charge < -0.3 is 4.74 Å². The van der Waals surface area contributed by atoms with E-state index in [4.69, 9.17) is 16.3 Å². The van der Waals surface area contributed by atoms with E-state index >= 15 is 0 Å². The fourth-order valence-electron chi connectivity index (χ4n) is 3.17. The number of hydrogen-bond donors (Lipinski definition) is 1. The minimum absolute atomic E-state index is 0.0213. The maximum absolute atomic E-state index is 12.7. The van der Waals surface area contributed by atoms with Crippen molar-refractivity contribution < 1.29 is 17.9 Å². The number of esters is 1. The number of halogens is 1. The minimum atomic E-state index is -3.90. The number of carbonyl (C=O) groups is 1. The second kappa shape index (κ2) is 9.44. The average Bonchev–Trinajstić information content (AvgIpc) is 2.81. The van der Waals surface area contributed by atoms with Crippen molar-refractivity contribution in [3.05, 3.63) is 107 Å². The van der Waals surface area contributed by atoms with Crippen LogP contribution >= 0.6 is 11.6 Å². The van der Waals surface area contributed by atoms with Crippen molar-refractivity contribution >= 4 is 44.6 Å². The van der Waals surface area contributed by atoms with Crippen molar-refractivity contribution in [1.29, 1.82) is 0 Å². The molecule has 166 valence electrons. The Balaban J connectivity index is 1.65. The highest BCUT2D eigenvalue weighted by molar-refractivity contribution is 7.89. The van der Waals surface area contributed by atoms with Gasteiger partial charge in [0, 0.05) is 10.6 Å². The standard InChI is InChI=1S/C25H19ClN2O4S/c1-17-6-8-19(9-7-17)25(29)32-24-15-10-18-4-2-3-5-22(18)23(24)16-27-28-33(30,31)21-13-11-20(26)12-14-21/h2-16,28H,1H3. The summed E-state index contributed by atoms with van der Waals surface area (Å²) < 4.78 is 30.7. The van der Waals surface area contributed by atoms with Crippen LogP contribution in [0.25, 0.3) is 10.8 Å². The lowest BCUT2D eigenvalue weighted by atomic mass is 10.0. The van der Waals surface area contributed by atoms with Crippen LogP contribution in [0.15, 0.2) is 94.9 Å². The van der Waals surface area contributed by atoms with Crippen LogP contribution in [0.4, 0.5) is 0 Å². The van der Waals surface area contributed by atoms with Crippen LogP contribution in [0.1, 0.15) is 21.5 Å². The molecule has 0 aromatic heterocycles. The maximum atomic E-state index is 12.7. The number of fused-ring (bicyclic) bond motifs is 1. The van der Waals surface area contributed by atoms with Gasteiger partial charge in [0.1, 0.15) is 5.75 Å². The van der Waals surface area contributed by atoms with Crippen LogP contribution in [0.3, 0.4) is 0 Å². The first-order valence-electron chi connectivity index (χ1n) is 9.94. The number of aryl methyl sites for hydroxylation is 1. The molecular formula is C25H19ClN2O4S. The molecule has 1 N–H and O–H groups in total. The van der Waals surface area contributed by atoms with Crippen LogP contribution in [-0.4, -0.2) is 20.6 Å². The van der Waals surface area contributed by atoms with Gasteiger partial charge in [-0.3, -0.25) is 0 Å². The van der Waals surface area contributed by atoms with E-state index in [1.54, 1.807) is 18.2 Å². The molecule has 0 heterocycles. The molecule has 0 saturated carbocycles. The highest BCUT2D eigenvalue weighted by Gasteiger charge is 2.15. The molecule has 0 aliphatic rings. The molecule has 0 spiro atoms.